The van der Waals surface area contributed by atoms with Crippen molar-refractivity contribution in [2.75, 3.05) is 7.11 Å². The van der Waals surface area contributed by atoms with Crippen molar-refractivity contribution in [2.24, 2.45) is 0 Å². The quantitative estimate of drug-likeness (QED) is 0.663. The van der Waals surface area contributed by atoms with Crippen LogP contribution in [0.15, 0.2) is 60.6 Å². The number of aromatic nitrogens is 1. The Labute approximate surface area is 116 Å². The van der Waals surface area contributed by atoms with Crippen LogP contribution in [0.2, 0.25) is 0 Å². The molecule has 2 aromatic rings. The molecule has 0 fully saturated rings. The number of carboxylic acids is 1. The van der Waals surface area contributed by atoms with Gasteiger partial charge in [0.25, 0.3) is 0 Å². The van der Waals surface area contributed by atoms with Gasteiger partial charge in [-0.05, 0) is 35.9 Å². The van der Waals surface area contributed by atoms with E-state index >= 15 is 0 Å². The summed E-state index contributed by atoms with van der Waals surface area (Å²) >= 11 is 0. The molecule has 0 unspecified atom stereocenters. The van der Waals surface area contributed by atoms with Crippen LogP contribution in [0.3, 0.4) is 0 Å². The zero-order valence-corrected chi connectivity index (χ0v) is 10.9. The number of phenols is 1. The van der Waals surface area contributed by atoms with Crippen molar-refractivity contribution < 1.29 is 19.7 Å². The van der Waals surface area contributed by atoms with E-state index in [1.54, 1.807) is 24.5 Å². The van der Waals surface area contributed by atoms with Crippen LogP contribution >= 0.6 is 0 Å². The summed E-state index contributed by atoms with van der Waals surface area (Å²) in [7, 11) is 1.29. The van der Waals surface area contributed by atoms with Crippen molar-refractivity contribution >= 4 is 12.0 Å². The third kappa shape index (κ3) is 5.68. The standard InChI is InChI=1S/C10H10O4.C5H5N/c1-14-9(10(12)13)6-7-2-4-8(11)5-3-7;1-2-4-6-5-3-1/h2-6,11H,1H3,(H,12,13);1-5H. The number of hydrogen-bond acceptors (Lipinski definition) is 4. The van der Waals surface area contributed by atoms with Crippen molar-refractivity contribution in [3.63, 3.8) is 0 Å². The number of ether oxygens (including phenoxy) is 1. The molecular weight excluding hydrogens is 258 g/mol. The number of pyridine rings is 1. The Balaban J connectivity index is 0.000000276. The first kappa shape index (κ1) is 15.2. The van der Waals surface area contributed by atoms with E-state index in [9.17, 15) is 4.79 Å². The fourth-order valence-corrected chi connectivity index (χ4v) is 1.24. The molecule has 104 valence electrons. The van der Waals surface area contributed by atoms with Gasteiger partial charge in [0, 0.05) is 12.4 Å². The summed E-state index contributed by atoms with van der Waals surface area (Å²) in [6.07, 6.45) is 4.88. The first-order chi connectivity index (χ1) is 9.63. The van der Waals surface area contributed by atoms with Crippen molar-refractivity contribution in [2.45, 2.75) is 0 Å². The van der Waals surface area contributed by atoms with Gasteiger partial charge in [-0.15, -0.1) is 0 Å². The molecular formula is C15H15NO4. The third-order valence-electron chi connectivity index (χ3n) is 2.19. The Kier molecular flexibility index (Phi) is 6.33. The Morgan fingerprint density at radius 1 is 1.15 bits per heavy atom. The molecule has 0 aliphatic carbocycles. The largest absolute Gasteiger partial charge is 0.508 e. The van der Waals surface area contributed by atoms with Gasteiger partial charge in [0.1, 0.15) is 5.75 Å². The molecule has 2 rings (SSSR count). The van der Waals surface area contributed by atoms with E-state index in [1.807, 2.05) is 18.2 Å². The number of phenolic OH excluding ortho intramolecular Hbond substituents is 1. The van der Waals surface area contributed by atoms with Gasteiger partial charge < -0.3 is 14.9 Å². The maximum atomic E-state index is 10.6. The maximum absolute atomic E-state index is 10.6. The second-order valence-corrected chi connectivity index (χ2v) is 3.63. The molecule has 1 heterocycles. The van der Waals surface area contributed by atoms with Crippen LogP contribution in [-0.2, 0) is 9.53 Å². The lowest BCUT2D eigenvalue weighted by molar-refractivity contribution is -0.135. The smallest absolute Gasteiger partial charge is 0.371 e. The summed E-state index contributed by atoms with van der Waals surface area (Å²) in [5.74, 6) is -1.13. The number of carboxylic acid groups (broad SMARTS) is 1. The number of methoxy groups -OCH3 is 1. The van der Waals surface area contributed by atoms with Gasteiger partial charge in [-0.2, -0.15) is 0 Å². The van der Waals surface area contributed by atoms with Crippen LogP contribution in [0.1, 0.15) is 5.56 Å². The van der Waals surface area contributed by atoms with Crippen molar-refractivity contribution in [3.8, 4) is 5.75 Å². The van der Waals surface area contributed by atoms with Gasteiger partial charge in [-0.1, -0.05) is 18.2 Å². The Bertz CT molecular complexity index is 523. The minimum absolute atomic E-state index is 0.136. The van der Waals surface area contributed by atoms with Gasteiger partial charge >= 0.3 is 5.97 Å². The highest BCUT2D eigenvalue weighted by atomic mass is 16.5. The molecule has 5 nitrogen and oxygen atoms in total. The lowest BCUT2D eigenvalue weighted by atomic mass is 10.2. The fourth-order valence-electron chi connectivity index (χ4n) is 1.24. The average Bonchev–Trinajstić information content (AvgIpc) is 2.49. The number of aromatic hydroxyl groups is 1. The molecule has 0 spiro atoms. The molecule has 0 aliphatic heterocycles. The van der Waals surface area contributed by atoms with E-state index in [0.29, 0.717) is 5.56 Å². The highest BCUT2D eigenvalue weighted by Crippen LogP contribution is 2.12. The van der Waals surface area contributed by atoms with Gasteiger partial charge in [0.05, 0.1) is 7.11 Å². The second kappa shape index (κ2) is 8.31. The lowest BCUT2D eigenvalue weighted by Gasteiger charge is -2.00. The molecule has 1 aromatic carbocycles. The van der Waals surface area contributed by atoms with Gasteiger partial charge in [0.2, 0.25) is 5.76 Å². The highest BCUT2D eigenvalue weighted by molar-refractivity contribution is 5.89. The van der Waals surface area contributed by atoms with E-state index in [-0.39, 0.29) is 11.5 Å². The highest BCUT2D eigenvalue weighted by Gasteiger charge is 2.05. The number of rotatable bonds is 3. The number of nitrogens with zero attached hydrogens (tertiary/aromatic N) is 1. The Hall–Kier alpha value is -2.82. The van der Waals surface area contributed by atoms with E-state index in [1.165, 1.54) is 25.3 Å². The van der Waals surface area contributed by atoms with Crippen molar-refractivity contribution in [1.29, 1.82) is 0 Å². The Morgan fingerprint density at radius 3 is 2.10 bits per heavy atom. The average molecular weight is 273 g/mol. The lowest BCUT2D eigenvalue weighted by Crippen LogP contribution is -2.01. The van der Waals surface area contributed by atoms with Gasteiger partial charge in [-0.3, -0.25) is 4.98 Å². The van der Waals surface area contributed by atoms with E-state index < -0.39 is 5.97 Å². The molecule has 0 radical (unpaired) electrons. The molecule has 0 saturated heterocycles. The van der Waals surface area contributed by atoms with Gasteiger partial charge in [-0.25, -0.2) is 4.79 Å². The minimum atomic E-state index is -1.12. The third-order valence-corrected chi connectivity index (χ3v) is 2.19. The number of benzene rings is 1. The molecule has 0 bridgehead atoms. The fraction of sp³-hybridized carbons (Fsp3) is 0.0667. The first-order valence-electron chi connectivity index (χ1n) is 5.76. The zero-order valence-electron chi connectivity index (χ0n) is 10.9. The van der Waals surface area contributed by atoms with Gasteiger partial charge in [0.15, 0.2) is 0 Å². The normalized spacial score (nSPS) is 10.2. The summed E-state index contributed by atoms with van der Waals surface area (Å²) in [4.78, 5) is 14.3. The van der Waals surface area contributed by atoms with Crippen LogP contribution in [-0.4, -0.2) is 28.3 Å². The topological polar surface area (TPSA) is 79.7 Å². The first-order valence-corrected chi connectivity index (χ1v) is 5.76. The molecule has 0 atom stereocenters. The molecule has 1 aromatic heterocycles. The summed E-state index contributed by atoms with van der Waals surface area (Å²) in [6, 6.07) is 11.9. The number of hydrogen-bond donors (Lipinski definition) is 2. The molecule has 0 amide bonds. The maximum Gasteiger partial charge on any atom is 0.371 e. The predicted molar refractivity (Wildman–Crippen MR) is 75.0 cm³/mol. The van der Waals surface area contributed by atoms with E-state index in [2.05, 4.69) is 9.72 Å². The number of carbonyl (C=O) groups is 1. The summed E-state index contributed by atoms with van der Waals surface area (Å²) in [5.41, 5.74) is 0.655. The molecule has 20 heavy (non-hydrogen) atoms. The molecule has 5 heteroatoms. The minimum Gasteiger partial charge on any atom is -0.508 e. The molecule has 0 saturated carbocycles. The molecule has 2 N–H and O–H groups in total. The predicted octanol–water partition coefficient (Wildman–Crippen LogP) is 2.55. The van der Waals surface area contributed by atoms with Crippen LogP contribution < -0.4 is 0 Å². The van der Waals surface area contributed by atoms with Crippen LogP contribution in [0.5, 0.6) is 5.75 Å². The van der Waals surface area contributed by atoms with E-state index in [0.717, 1.165) is 0 Å². The zero-order chi connectivity index (χ0) is 14.8. The summed E-state index contributed by atoms with van der Waals surface area (Å²) in [5, 5.41) is 17.6. The van der Waals surface area contributed by atoms with Crippen LogP contribution in [0.4, 0.5) is 0 Å². The van der Waals surface area contributed by atoms with Crippen molar-refractivity contribution in [3.05, 3.63) is 66.2 Å². The summed E-state index contributed by atoms with van der Waals surface area (Å²) < 4.78 is 4.64. The number of aliphatic carboxylic acids is 1. The van der Waals surface area contributed by atoms with Crippen LogP contribution in [0, 0.1) is 0 Å². The Morgan fingerprint density at radius 2 is 1.75 bits per heavy atom. The monoisotopic (exact) mass is 273 g/mol. The van der Waals surface area contributed by atoms with Crippen molar-refractivity contribution in [1.82, 2.24) is 4.98 Å². The van der Waals surface area contributed by atoms with Crippen LogP contribution in [0.25, 0.3) is 6.08 Å². The van der Waals surface area contributed by atoms with E-state index in [4.69, 9.17) is 10.2 Å². The summed E-state index contributed by atoms with van der Waals surface area (Å²) in [6.45, 7) is 0. The second-order valence-electron chi connectivity index (χ2n) is 3.63. The SMILES string of the molecule is COC(=Cc1ccc(O)cc1)C(=O)O.c1ccncc1. The molecule has 0 aliphatic rings.